The van der Waals surface area contributed by atoms with Gasteiger partial charge in [0.25, 0.3) is 0 Å². The van der Waals surface area contributed by atoms with Gasteiger partial charge < -0.3 is 5.73 Å². The van der Waals surface area contributed by atoms with Crippen molar-refractivity contribution in [1.82, 2.24) is 4.98 Å². The predicted octanol–water partition coefficient (Wildman–Crippen LogP) is 6.51. The van der Waals surface area contributed by atoms with Crippen LogP contribution in [0.2, 0.25) is 0 Å². The predicted molar refractivity (Wildman–Crippen MR) is 123 cm³/mol. The van der Waals surface area contributed by atoms with Crippen molar-refractivity contribution < 1.29 is 4.79 Å². The van der Waals surface area contributed by atoms with Crippen molar-refractivity contribution in [2.24, 2.45) is 0 Å². The smallest absolute Gasteiger partial charge is 0.215 e. The Morgan fingerprint density at radius 2 is 1.55 bits per heavy atom. The number of aromatic nitrogens is 1. The minimum atomic E-state index is -0.0410. The summed E-state index contributed by atoms with van der Waals surface area (Å²) >= 11 is 2.80. The molecule has 0 spiro atoms. The van der Waals surface area contributed by atoms with Crippen LogP contribution in [0.4, 0.5) is 5.69 Å². The zero-order valence-corrected chi connectivity index (χ0v) is 17.0. The lowest BCUT2D eigenvalue weighted by Gasteiger charge is -2.09. The van der Waals surface area contributed by atoms with Crippen molar-refractivity contribution in [3.63, 3.8) is 0 Å². The molecule has 0 aliphatic carbocycles. The van der Waals surface area contributed by atoms with Gasteiger partial charge in [-0.3, -0.25) is 4.79 Å². The molecular weight excluding hydrogens is 396 g/mol. The van der Waals surface area contributed by atoms with Crippen LogP contribution in [0.1, 0.15) is 14.5 Å². The van der Waals surface area contributed by atoms with Crippen molar-refractivity contribution in [3.8, 4) is 22.4 Å². The molecule has 2 N–H and O–H groups in total. The lowest BCUT2D eigenvalue weighted by Crippen LogP contribution is -1.99. The van der Waals surface area contributed by atoms with Gasteiger partial charge in [0.1, 0.15) is 9.71 Å². The van der Waals surface area contributed by atoms with Crippen molar-refractivity contribution in [2.75, 3.05) is 5.73 Å². The molecule has 140 valence electrons. The number of anilines is 1. The first-order valence-electron chi connectivity index (χ1n) is 9.14. The summed E-state index contributed by atoms with van der Waals surface area (Å²) in [6, 6.07) is 25.9. The van der Waals surface area contributed by atoms with Crippen molar-refractivity contribution >= 4 is 44.4 Å². The van der Waals surface area contributed by atoms with Gasteiger partial charge >= 0.3 is 0 Å². The molecule has 5 heteroatoms. The third-order valence-corrected chi connectivity index (χ3v) is 6.77. The molecule has 0 aliphatic rings. The van der Waals surface area contributed by atoms with Gasteiger partial charge in [0.2, 0.25) is 5.78 Å². The second-order valence-electron chi connectivity index (χ2n) is 6.62. The molecule has 0 atom stereocenters. The molecule has 5 aromatic rings. The highest BCUT2D eigenvalue weighted by molar-refractivity contribution is 7.22. The number of benzene rings is 2. The summed E-state index contributed by atoms with van der Waals surface area (Å²) in [5.41, 5.74) is 11.0. The van der Waals surface area contributed by atoms with E-state index in [0.29, 0.717) is 15.4 Å². The van der Waals surface area contributed by atoms with Crippen LogP contribution < -0.4 is 5.73 Å². The van der Waals surface area contributed by atoms with E-state index in [9.17, 15) is 4.79 Å². The summed E-state index contributed by atoms with van der Waals surface area (Å²) in [6.45, 7) is 0. The minimum Gasteiger partial charge on any atom is -0.397 e. The molecule has 0 aliphatic heterocycles. The molecular formula is C24H16N2OS2. The number of thiophene rings is 2. The summed E-state index contributed by atoms with van der Waals surface area (Å²) in [5.74, 6) is -0.0410. The first-order valence-corrected chi connectivity index (χ1v) is 10.8. The molecule has 0 saturated heterocycles. The summed E-state index contributed by atoms with van der Waals surface area (Å²) < 4.78 is 0. The third kappa shape index (κ3) is 3.14. The van der Waals surface area contributed by atoms with Crippen molar-refractivity contribution in [3.05, 3.63) is 94.0 Å². The largest absolute Gasteiger partial charge is 0.397 e. The molecule has 0 saturated carbocycles. The zero-order valence-electron chi connectivity index (χ0n) is 15.3. The zero-order chi connectivity index (χ0) is 19.8. The Bertz CT molecular complexity index is 1310. The standard InChI is InChI=1S/C24H16N2OS2/c25-21-20-17(15-8-3-1-4-9-15)14-18(16-10-5-2-6-11-16)26-24(20)29-23(21)22(27)19-12-7-13-28-19/h1-14H,25H2. The van der Waals surface area contributed by atoms with Crippen LogP contribution in [0.3, 0.4) is 0 Å². The molecule has 29 heavy (non-hydrogen) atoms. The highest BCUT2D eigenvalue weighted by atomic mass is 32.1. The van der Waals surface area contributed by atoms with Gasteiger partial charge in [-0.2, -0.15) is 0 Å². The number of nitrogen functional groups attached to an aromatic ring is 1. The molecule has 0 amide bonds. The summed E-state index contributed by atoms with van der Waals surface area (Å²) in [6.07, 6.45) is 0. The van der Waals surface area contributed by atoms with E-state index in [4.69, 9.17) is 10.7 Å². The molecule has 0 unspecified atom stereocenters. The Morgan fingerprint density at radius 1 is 0.862 bits per heavy atom. The number of rotatable bonds is 4. The van der Waals surface area contributed by atoms with Crippen LogP contribution in [0, 0.1) is 0 Å². The molecule has 0 fully saturated rings. The molecule has 2 aromatic carbocycles. The fourth-order valence-corrected chi connectivity index (χ4v) is 5.22. The monoisotopic (exact) mass is 412 g/mol. The van der Waals surface area contributed by atoms with E-state index in [1.165, 1.54) is 22.7 Å². The number of hydrogen-bond donors (Lipinski definition) is 1. The maximum absolute atomic E-state index is 13.0. The van der Waals surface area contributed by atoms with Crippen LogP contribution in [0.15, 0.2) is 84.2 Å². The van der Waals surface area contributed by atoms with Crippen molar-refractivity contribution in [2.45, 2.75) is 0 Å². The summed E-state index contributed by atoms with van der Waals surface area (Å²) in [5, 5.41) is 2.75. The van der Waals surface area contributed by atoms with Gasteiger partial charge in [0, 0.05) is 10.9 Å². The number of ketones is 1. The number of pyridine rings is 1. The molecule has 5 rings (SSSR count). The SMILES string of the molecule is Nc1c(C(=O)c2cccs2)sc2nc(-c3ccccc3)cc(-c3ccccc3)c12. The molecule has 3 nitrogen and oxygen atoms in total. The average Bonchev–Trinajstić information content (AvgIpc) is 3.43. The maximum atomic E-state index is 13.0. The van der Waals surface area contributed by atoms with E-state index >= 15 is 0 Å². The van der Waals surface area contributed by atoms with Crippen LogP contribution in [0.25, 0.3) is 32.6 Å². The Labute approximate surface area is 176 Å². The topological polar surface area (TPSA) is 56.0 Å². The lowest BCUT2D eigenvalue weighted by atomic mass is 9.99. The Kier molecular flexibility index (Phi) is 4.46. The number of nitrogens with zero attached hydrogens (tertiary/aromatic N) is 1. The molecule has 0 radical (unpaired) electrons. The van der Waals surface area contributed by atoms with Crippen LogP contribution in [-0.4, -0.2) is 10.8 Å². The fraction of sp³-hybridized carbons (Fsp3) is 0. The third-order valence-electron chi connectivity index (χ3n) is 4.80. The number of carbonyl (C=O) groups is 1. The Balaban J connectivity index is 1.79. The minimum absolute atomic E-state index is 0.0410. The van der Waals surface area contributed by atoms with Crippen molar-refractivity contribution in [1.29, 1.82) is 0 Å². The second kappa shape index (κ2) is 7.28. The normalized spacial score (nSPS) is 11.0. The number of fused-ring (bicyclic) bond motifs is 1. The maximum Gasteiger partial charge on any atom is 0.215 e. The van der Waals surface area contributed by atoms with E-state index in [1.54, 1.807) is 0 Å². The highest BCUT2D eigenvalue weighted by Gasteiger charge is 2.22. The fourth-order valence-electron chi connectivity index (χ4n) is 3.41. The number of hydrogen-bond acceptors (Lipinski definition) is 5. The second-order valence-corrected chi connectivity index (χ2v) is 8.57. The van der Waals surface area contributed by atoms with Crippen LogP contribution in [-0.2, 0) is 0 Å². The van der Waals surface area contributed by atoms with E-state index in [-0.39, 0.29) is 5.78 Å². The van der Waals surface area contributed by atoms with E-state index in [1.807, 2.05) is 66.0 Å². The number of nitrogens with two attached hydrogens (primary N) is 1. The van der Waals surface area contributed by atoms with Gasteiger partial charge in [0.05, 0.1) is 16.3 Å². The quantitative estimate of drug-likeness (QED) is 0.343. The van der Waals surface area contributed by atoms with Gasteiger partial charge in [0.15, 0.2) is 0 Å². The van der Waals surface area contributed by atoms with Gasteiger partial charge in [-0.15, -0.1) is 22.7 Å². The summed E-state index contributed by atoms with van der Waals surface area (Å²) in [4.78, 5) is 19.9. The first-order chi connectivity index (χ1) is 14.2. The lowest BCUT2D eigenvalue weighted by molar-refractivity contribution is 0.104. The Morgan fingerprint density at radius 3 is 2.21 bits per heavy atom. The highest BCUT2D eigenvalue weighted by Crippen LogP contribution is 2.42. The van der Waals surface area contributed by atoms with E-state index in [2.05, 4.69) is 18.2 Å². The van der Waals surface area contributed by atoms with Crippen LogP contribution in [0.5, 0.6) is 0 Å². The molecule has 3 aromatic heterocycles. The van der Waals surface area contributed by atoms with E-state index < -0.39 is 0 Å². The van der Waals surface area contributed by atoms with Gasteiger partial charge in [-0.25, -0.2) is 4.98 Å². The van der Waals surface area contributed by atoms with E-state index in [0.717, 1.165) is 32.6 Å². The summed E-state index contributed by atoms with van der Waals surface area (Å²) in [7, 11) is 0. The molecule has 3 heterocycles. The molecule has 0 bridgehead atoms. The first kappa shape index (κ1) is 17.8. The van der Waals surface area contributed by atoms with Gasteiger partial charge in [-0.1, -0.05) is 66.7 Å². The van der Waals surface area contributed by atoms with Gasteiger partial charge in [-0.05, 0) is 28.6 Å². The average molecular weight is 413 g/mol. The number of carbonyl (C=O) groups excluding carboxylic acids is 1. The van der Waals surface area contributed by atoms with Crippen LogP contribution >= 0.6 is 22.7 Å². The Hall–Kier alpha value is -3.28.